The molecule has 0 aliphatic heterocycles. The topological polar surface area (TPSA) is 84.3 Å². The molecule has 6 nitrogen and oxygen atoms in total. The van der Waals surface area contributed by atoms with E-state index in [-0.39, 0.29) is 0 Å². The van der Waals surface area contributed by atoms with E-state index in [1.807, 2.05) is 4.98 Å². The zero-order chi connectivity index (χ0) is 8.43. The van der Waals surface area contributed by atoms with Crippen LogP contribution >= 0.6 is 0 Å². The van der Waals surface area contributed by atoms with Crippen LogP contribution in [0.2, 0.25) is 0 Å². The van der Waals surface area contributed by atoms with Crippen molar-refractivity contribution in [3.05, 3.63) is 26.9 Å². The van der Waals surface area contributed by atoms with Crippen molar-refractivity contribution in [3.63, 3.8) is 0 Å². The van der Waals surface area contributed by atoms with Crippen molar-refractivity contribution >= 4 is 0 Å². The highest BCUT2D eigenvalue weighted by molar-refractivity contribution is 5.03. The van der Waals surface area contributed by atoms with Gasteiger partial charge in [-0.2, -0.15) is 0 Å². The maximum Gasteiger partial charge on any atom is 0.364 e. The summed E-state index contributed by atoms with van der Waals surface area (Å²) >= 11 is 0. The van der Waals surface area contributed by atoms with Gasteiger partial charge in [0.15, 0.2) is 0 Å². The van der Waals surface area contributed by atoms with Gasteiger partial charge in [-0.15, -0.1) is 0 Å². The summed E-state index contributed by atoms with van der Waals surface area (Å²) in [6.07, 6.45) is 0. The highest BCUT2D eigenvalue weighted by atomic mass is 16.7. The minimum atomic E-state index is -0.808. The van der Waals surface area contributed by atoms with Crippen LogP contribution in [0.3, 0.4) is 0 Å². The molecule has 1 aromatic rings. The molecule has 0 spiro atoms. The standard InChI is InChI=1S/C5H6N2O4/c1-11-7-4(9)2-3(8)6-5(7)10/h2,9H,1H3,(H,6,8,10). The lowest BCUT2D eigenvalue weighted by Gasteiger charge is -2.02. The summed E-state index contributed by atoms with van der Waals surface area (Å²) in [7, 11) is 1.19. The van der Waals surface area contributed by atoms with E-state index in [1.54, 1.807) is 0 Å². The number of hydrogen-bond acceptors (Lipinski definition) is 4. The second-order valence-electron chi connectivity index (χ2n) is 1.77. The third-order valence-electron chi connectivity index (χ3n) is 1.07. The summed E-state index contributed by atoms with van der Waals surface area (Å²) in [5.41, 5.74) is -1.47. The van der Waals surface area contributed by atoms with Gasteiger partial charge in [-0.1, -0.05) is 4.73 Å². The maximum absolute atomic E-state index is 10.7. The van der Waals surface area contributed by atoms with Crippen LogP contribution in [0.4, 0.5) is 0 Å². The number of hydrogen-bond donors (Lipinski definition) is 2. The van der Waals surface area contributed by atoms with Gasteiger partial charge >= 0.3 is 5.69 Å². The molecular weight excluding hydrogens is 152 g/mol. The summed E-state index contributed by atoms with van der Waals surface area (Å²) in [6, 6.07) is 0.838. The highest BCUT2D eigenvalue weighted by Crippen LogP contribution is 1.94. The number of nitrogens with zero attached hydrogens (tertiary/aromatic N) is 1. The second-order valence-corrected chi connectivity index (χ2v) is 1.77. The van der Waals surface area contributed by atoms with Crippen molar-refractivity contribution in [3.8, 4) is 5.88 Å². The molecule has 0 fully saturated rings. The molecule has 0 amide bonds. The first-order valence-corrected chi connectivity index (χ1v) is 2.75. The first-order chi connectivity index (χ1) is 5.15. The van der Waals surface area contributed by atoms with E-state index < -0.39 is 17.1 Å². The third-order valence-corrected chi connectivity index (χ3v) is 1.07. The van der Waals surface area contributed by atoms with Gasteiger partial charge in [0.25, 0.3) is 5.56 Å². The molecule has 0 bridgehead atoms. The van der Waals surface area contributed by atoms with Crippen molar-refractivity contribution in [2.24, 2.45) is 0 Å². The van der Waals surface area contributed by atoms with Gasteiger partial charge in [-0.25, -0.2) is 4.79 Å². The maximum atomic E-state index is 10.7. The zero-order valence-corrected chi connectivity index (χ0v) is 5.70. The molecule has 0 aliphatic rings. The molecule has 0 aliphatic carbocycles. The Bertz CT molecular complexity index is 363. The second kappa shape index (κ2) is 2.49. The van der Waals surface area contributed by atoms with E-state index in [4.69, 9.17) is 5.11 Å². The SMILES string of the molecule is COn1c(O)cc(=O)[nH]c1=O. The van der Waals surface area contributed by atoms with Crippen molar-refractivity contribution in [2.75, 3.05) is 7.11 Å². The van der Waals surface area contributed by atoms with Gasteiger partial charge in [-0.3, -0.25) is 9.78 Å². The average molecular weight is 158 g/mol. The summed E-state index contributed by atoms with van der Waals surface area (Å²) in [6.45, 7) is 0. The number of H-pyrrole nitrogens is 1. The molecule has 11 heavy (non-hydrogen) atoms. The van der Waals surface area contributed by atoms with Gasteiger partial charge in [0, 0.05) is 0 Å². The molecule has 1 heterocycles. The molecule has 1 rings (SSSR count). The molecule has 0 atom stereocenters. The van der Waals surface area contributed by atoms with Crippen LogP contribution in [0, 0.1) is 0 Å². The minimum Gasteiger partial charge on any atom is -0.492 e. The Labute approximate surface area is 60.6 Å². The molecule has 0 saturated carbocycles. The summed E-state index contributed by atoms with van der Waals surface area (Å²) in [4.78, 5) is 27.5. The first-order valence-electron chi connectivity index (χ1n) is 2.75. The van der Waals surface area contributed by atoms with Crippen molar-refractivity contribution in [2.45, 2.75) is 0 Å². The number of rotatable bonds is 1. The van der Waals surface area contributed by atoms with Gasteiger partial charge in [0.05, 0.1) is 6.07 Å². The van der Waals surface area contributed by atoms with Crippen molar-refractivity contribution < 1.29 is 9.94 Å². The fourth-order valence-electron chi connectivity index (χ4n) is 0.649. The van der Waals surface area contributed by atoms with Gasteiger partial charge in [0.1, 0.15) is 7.11 Å². The molecule has 6 heteroatoms. The lowest BCUT2D eigenvalue weighted by Crippen LogP contribution is -2.31. The monoisotopic (exact) mass is 158 g/mol. The number of aromatic hydroxyl groups is 1. The molecule has 0 unspecified atom stereocenters. The normalized spacial score (nSPS) is 9.55. The van der Waals surface area contributed by atoms with Gasteiger partial charge < -0.3 is 9.94 Å². The van der Waals surface area contributed by atoms with Crippen LogP contribution in [0.25, 0.3) is 0 Å². The van der Waals surface area contributed by atoms with Crippen LogP contribution in [-0.4, -0.2) is 21.9 Å². The molecular formula is C5H6N2O4. The Morgan fingerprint density at radius 3 is 2.73 bits per heavy atom. The van der Waals surface area contributed by atoms with E-state index in [9.17, 15) is 9.59 Å². The van der Waals surface area contributed by atoms with Crippen LogP contribution in [0.1, 0.15) is 0 Å². The predicted octanol–water partition coefficient (Wildman–Crippen LogP) is -1.70. The van der Waals surface area contributed by atoms with E-state index in [0.717, 1.165) is 6.07 Å². The third kappa shape index (κ3) is 1.23. The van der Waals surface area contributed by atoms with Gasteiger partial charge in [-0.05, 0) is 0 Å². The highest BCUT2D eigenvalue weighted by Gasteiger charge is 2.01. The largest absolute Gasteiger partial charge is 0.492 e. The Morgan fingerprint density at radius 1 is 1.64 bits per heavy atom. The predicted molar refractivity (Wildman–Crippen MR) is 35.5 cm³/mol. The lowest BCUT2D eigenvalue weighted by molar-refractivity contribution is 0.126. The van der Waals surface area contributed by atoms with Crippen molar-refractivity contribution in [1.82, 2.24) is 9.71 Å². The van der Waals surface area contributed by atoms with E-state index in [2.05, 4.69) is 4.84 Å². The Kier molecular flexibility index (Phi) is 1.67. The molecule has 0 aromatic carbocycles. The number of nitrogens with one attached hydrogen (secondary N) is 1. The quantitative estimate of drug-likeness (QED) is 0.510. The summed E-state index contributed by atoms with van der Waals surface area (Å²) in [5.74, 6) is -0.527. The Balaban J connectivity index is 3.49. The van der Waals surface area contributed by atoms with E-state index in [0.29, 0.717) is 4.73 Å². The average Bonchev–Trinajstić information content (AvgIpc) is 1.85. The minimum absolute atomic E-state index is 0.527. The van der Waals surface area contributed by atoms with Crippen LogP contribution in [0.5, 0.6) is 5.88 Å². The fourth-order valence-corrected chi connectivity index (χ4v) is 0.649. The molecule has 0 saturated heterocycles. The van der Waals surface area contributed by atoms with E-state index >= 15 is 0 Å². The van der Waals surface area contributed by atoms with Crippen LogP contribution in [-0.2, 0) is 0 Å². The molecule has 60 valence electrons. The lowest BCUT2D eigenvalue weighted by atomic mass is 10.6. The molecule has 2 N–H and O–H groups in total. The van der Waals surface area contributed by atoms with Crippen molar-refractivity contribution in [1.29, 1.82) is 0 Å². The van der Waals surface area contributed by atoms with Crippen LogP contribution in [0.15, 0.2) is 15.7 Å². The number of aromatic amines is 1. The smallest absolute Gasteiger partial charge is 0.364 e. The molecule has 1 aromatic heterocycles. The fraction of sp³-hybridized carbons (Fsp3) is 0.200. The summed E-state index contributed by atoms with van der Waals surface area (Å²) < 4.78 is 0.557. The molecule has 0 radical (unpaired) electrons. The van der Waals surface area contributed by atoms with Crippen LogP contribution < -0.4 is 16.1 Å². The Morgan fingerprint density at radius 2 is 2.27 bits per heavy atom. The summed E-state index contributed by atoms with van der Waals surface area (Å²) in [5, 5.41) is 8.89. The van der Waals surface area contributed by atoms with E-state index in [1.165, 1.54) is 7.11 Å². The zero-order valence-electron chi connectivity index (χ0n) is 5.70. The first kappa shape index (κ1) is 7.39. The Hall–Kier alpha value is -1.72. The number of aromatic nitrogens is 2. The van der Waals surface area contributed by atoms with Gasteiger partial charge in [0.2, 0.25) is 5.88 Å².